The molecule has 0 aliphatic carbocycles. The molecule has 0 aliphatic heterocycles. The van der Waals surface area contributed by atoms with Crippen LogP contribution in [-0.4, -0.2) is 41.6 Å². The van der Waals surface area contributed by atoms with Crippen LogP contribution in [0.4, 0.5) is 0 Å². The van der Waals surface area contributed by atoms with E-state index in [2.05, 4.69) is 9.72 Å². The number of aromatic nitrogens is 2. The third-order valence-corrected chi connectivity index (χ3v) is 4.44. The number of esters is 1. The van der Waals surface area contributed by atoms with E-state index >= 15 is 0 Å². The Morgan fingerprint density at radius 1 is 1.38 bits per heavy atom. The smallest absolute Gasteiger partial charge is 0.325 e. The molecule has 0 unspecified atom stereocenters. The van der Waals surface area contributed by atoms with Crippen LogP contribution in [0.5, 0.6) is 0 Å². The van der Waals surface area contributed by atoms with Crippen LogP contribution in [0.2, 0.25) is 0 Å². The van der Waals surface area contributed by atoms with Crippen LogP contribution < -0.4 is 5.56 Å². The van der Waals surface area contributed by atoms with Crippen molar-refractivity contribution in [3.05, 3.63) is 26.6 Å². The predicted octanol–water partition coefficient (Wildman–Crippen LogP) is 1.31. The molecule has 6 nitrogen and oxygen atoms in total. The maximum Gasteiger partial charge on any atom is 0.325 e. The highest BCUT2D eigenvalue weighted by Crippen LogP contribution is 2.26. The highest BCUT2D eigenvalue weighted by Gasteiger charge is 2.18. The van der Waals surface area contributed by atoms with Gasteiger partial charge in [0.05, 0.1) is 19.0 Å². The third-order valence-electron chi connectivity index (χ3n) is 3.34. The van der Waals surface area contributed by atoms with Crippen LogP contribution in [-0.2, 0) is 22.6 Å². The molecule has 114 valence electrons. The first-order chi connectivity index (χ1) is 9.85. The van der Waals surface area contributed by atoms with E-state index in [0.717, 1.165) is 15.3 Å². The van der Waals surface area contributed by atoms with Crippen molar-refractivity contribution >= 4 is 27.5 Å². The Labute approximate surface area is 127 Å². The number of hydrogen-bond acceptors (Lipinski definition) is 6. The van der Waals surface area contributed by atoms with Gasteiger partial charge in [0.15, 0.2) is 0 Å². The highest BCUT2D eigenvalue weighted by molar-refractivity contribution is 7.18. The predicted molar refractivity (Wildman–Crippen MR) is 82.8 cm³/mol. The van der Waals surface area contributed by atoms with Crippen LogP contribution >= 0.6 is 11.3 Å². The minimum atomic E-state index is -0.456. The average molecular weight is 309 g/mol. The van der Waals surface area contributed by atoms with Gasteiger partial charge in [-0.05, 0) is 33.5 Å². The minimum Gasteiger partial charge on any atom is -0.468 e. The number of hydrogen-bond donors (Lipinski definition) is 0. The van der Waals surface area contributed by atoms with Crippen molar-refractivity contribution in [2.45, 2.75) is 26.9 Å². The van der Waals surface area contributed by atoms with Gasteiger partial charge in [-0.2, -0.15) is 0 Å². The van der Waals surface area contributed by atoms with E-state index < -0.39 is 5.97 Å². The Hall–Kier alpha value is -1.73. The second-order valence-electron chi connectivity index (χ2n) is 5.20. The summed E-state index contributed by atoms with van der Waals surface area (Å²) >= 11 is 1.51. The van der Waals surface area contributed by atoms with E-state index in [1.807, 2.05) is 32.8 Å². The van der Waals surface area contributed by atoms with Crippen molar-refractivity contribution in [1.29, 1.82) is 0 Å². The number of thiophene rings is 1. The van der Waals surface area contributed by atoms with Crippen molar-refractivity contribution in [3.63, 3.8) is 0 Å². The second kappa shape index (κ2) is 5.95. The maximum absolute atomic E-state index is 12.7. The Morgan fingerprint density at radius 2 is 2.05 bits per heavy atom. The summed E-state index contributed by atoms with van der Waals surface area (Å²) in [7, 11) is 5.10. The van der Waals surface area contributed by atoms with Crippen molar-refractivity contribution in [2.75, 3.05) is 21.2 Å². The average Bonchev–Trinajstić information content (AvgIpc) is 2.68. The molecule has 2 heterocycles. The molecule has 0 spiro atoms. The number of carbonyl (C=O) groups is 1. The number of ether oxygens (including phenoxy) is 1. The van der Waals surface area contributed by atoms with Crippen LogP contribution in [0.1, 0.15) is 16.3 Å². The lowest BCUT2D eigenvalue weighted by Crippen LogP contribution is -2.31. The summed E-state index contributed by atoms with van der Waals surface area (Å²) in [6, 6.07) is 0. The van der Waals surface area contributed by atoms with Gasteiger partial charge in [0.25, 0.3) is 5.56 Å². The van der Waals surface area contributed by atoms with Gasteiger partial charge in [-0.1, -0.05) is 0 Å². The van der Waals surface area contributed by atoms with Crippen LogP contribution in [0.25, 0.3) is 10.2 Å². The zero-order valence-electron chi connectivity index (χ0n) is 12.9. The summed E-state index contributed by atoms with van der Waals surface area (Å²) in [5, 5.41) is 0.601. The zero-order valence-corrected chi connectivity index (χ0v) is 13.7. The molecule has 2 aromatic heterocycles. The van der Waals surface area contributed by atoms with Gasteiger partial charge in [-0.15, -0.1) is 11.3 Å². The molecule has 0 bridgehead atoms. The fourth-order valence-corrected chi connectivity index (χ4v) is 3.17. The minimum absolute atomic E-state index is 0.115. The molecule has 2 aromatic rings. The first-order valence-electron chi connectivity index (χ1n) is 6.56. The molecule has 7 heteroatoms. The zero-order chi connectivity index (χ0) is 15.7. The Bertz CT molecular complexity index is 746. The fourth-order valence-electron chi connectivity index (χ4n) is 2.13. The fraction of sp³-hybridized carbons (Fsp3) is 0.500. The van der Waals surface area contributed by atoms with E-state index in [4.69, 9.17) is 0 Å². The van der Waals surface area contributed by atoms with Crippen molar-refractivity contribution in [2.24, 2.45) is 0 Å². The summed E-state index contributed by atoms with van der Waals surface area (Å²) in [6.07, 6.45) is 0. The van der Waals surface area contributed by atoms with Gasteiger partial charge >= 0.3 is 5.97 Å². The summed E-state index contributed by atoms with van der Waals surface area (Å²) in [5.41, 5.74) is 0.756. The molecular weight excluding hydrogens is 290 g/mol. The van der Waals surface area contributed by atoms with Crippen LogP contribution in [0, 0.1) is 13.8 Å². The molecule has 0 saturated carbocycles. The topological polar surface area (TPSA) is 64.4 Å². The number of carbonyl (C=O) groups excluding carboxylic acids is 1. The summed E-state index contributed by atoms with van der Waals surface area (Å²) in [4.78, 5) is 32.6. The standard InChI is InChI=1S/C14H19N3O3S/c1-8-9(2)21-13-12(8)14(19)17(7-11(18)20-5)10(15-13)6-16(3)4/h6-7H2,1-5H3. The van der Waals surface area contributed by atoms with E-state index in [1.54, 1.807) is 0 Å². The van der Waals surface area contributed by atoms with Gasteiger partial charge in [-0.25, -0.2) is 4.98 Å². The first kappa shape index (κ1) is 15.7. The summed E-state index contributed by atoms with van der Waals surface area (Å²) in [6.45, 7) is 4.25. The molecule has 2 rings (SSSR count). The monoisotopic (exact) mass is 309 g/mol. The Balaban J connectivity index is 2.70. The van der Waals surface area contributed by atoms with Gasteiger partial charge in [0, 0.05) is 4.88 Å². The number of rotatable bonds is 4. The van der Waals surface area contributed by atoms with E-state index in [0.29, 0.717) is 17.8 Å². The van der Waals surface area contributed by atoms with E-state index in [-0.39, 0.29) is 12.1 Å². The third kappa shape index (κ3) is 2.98. The lowest BCUT2D eigenvalue weighted by Gasteiger charge is -2.15. The Kier molecular flexibility index (Phi) is 4.43. The second-order valence-corrected chi connectivity index (χ2v) is 6.40. The molecule has 0 atom stereocenters. The number of fused-ring (bicyclic) bond motifs is 1. The van der Waals surface area contributed by atoms with Crippen LogP contribution in [0.15, 0.2) is 4.79 Å². The Morgan fingerprint density at radius 3 is 2.62 bits per heavy atom. The summed E-state index contributed by atoms with van der Waals surface area (Å²) in [5.74, 6) is 0.118. The number of aryl methyl sites for hydroxylation is 2. The van der Waals surface area contributed by atoms with Gasteiger partial charge in [0.1, 0.15) is 17.2 Å². The van der Waals surface area contributed by atoms with Crippen LogP contribution in [0.3, 0.4) is 0 Å². The largest absolute Gasteiger partial charge is 0.468 e. The number of methoxy groups -OCH3 is 1. The van der Waals surface area contributed by atoms with Crippen molar-refractivity contribution < 1.29 is 9.53 Å². The molecule has 0 amide bonds. The maximum atomic E-state index is 12.7. The lowest BCUT2D eigenvalue weighted by molar-refractivity contribution is -0.141. The molecule has 0 saturated heterocycles. The first-order valence-corrected chi connectivity index (χ1v) is 7.37. The quantitative estimate of drug-likeness (QED) is 0.797. The van der Waals surface area contributed by atoms with Gasteiger partial charge < -0.3 is 9.64 Å². The molecule has 0 aliphatic rings. The SMILES string of the molecule is COC(=O)Cn1c(CN(C)C)nc2sc(C)c(C)c2c1=O. The molecule has 0 radical (unpaired) electrons. The van der Waals surface area contributed by atoms with Gasteiger partial charge in [-0.3, -0.25) is 14.2 Å². The number of nitrogens with zero attached hydrogens (tertiary/aromatic N) is 3. The lowest BCUT2D eigenvalue weighted by atomic mass is 10.2. The molecule has 21 heavy (non-hydrogen) atoms. The van der Waals surface area contributed by atoms with Crippen molar-refractivity contribution in [1.82, 2.24) is 14.5 Å². The van der Waals surface area contributed by atoms with Gasteiger partial charge in [0.2, 0.25) is 0 Å². The normalized spacial score (nSPS) is 11.3. The summed E-state index contributed by atoms with van der Waals surface area (Å²) < 4.78 is 6.09. The molecule has 0 aromatic carbocycles. The molecular formula is C14H19N3O3S. The van der Waals surface area contributed by atoms with E-state index in [9.17, 15) is 9.59 Å². The highest BCUT2D eigenvalue weighted by atomic mass is 32.1. The van der Waals surface area contributed by atoms with E-state index in [1.165, 1.54) is 23.0 Å². The van der Waals surface area contributed by atoms with Crippen molar-refractivity contribution in [3.8, 4) is 0 Å². The molecule has 0 fully saturated rings. The molecule has 0 N–H and O–H groups in total.